The van der Waals surface area contributed by atoms with Crippen LogP contribution >= 0.6 is 27.5 Å². The maximum absolute atomic E-state index is 9.60. The van der Waals surface area contributed by atoms with E-state index in [0.717, 1.165) is 10.0 Å². The van der Waals surface area contributed by atoms with Crippen molar-refractivity contribution in [2.45, 2.75) is 6.61 Å². The molecule has 6 heteroatoms. The third kappa shape index (κ3) is 2.72. The molecule has 0 aliphatic carbocycles. The van der Waals surface area contributed by atoms with Crippen LogP contribution in [0, 0.1) is 0 Å². The second-order valence-electron chi connectivity index (χ2n) is 4.39. The van der Waals surface area contributed by atoms with Gasteiger partial charge in [0.25, 0.3) is 0 Å². The number of hydrogen-bond acceptors (Lipinski definition) is 3. The van der Waals surface area contributed by atoms with Crippen molar-refractivity contribution in [2.75, 3.05) is 0 Å². The molecule has 1 aromatic carbocycles. The van der Waals surface area contributed by atoms with Gasteiger partial charge in [0.15, 0.2) is 5.82 Å². The lowest BCUT2D eigenvalue weighted by atomic mass is 10.1. The number of rotatable bonds is 3. The van der Waals surface area contributed by atoms with Gasteiger partial charge in [0.1, 0.15) is 5.15 Å². The highest BCUT2D eigenvalue weighted by molar-refractivity contribution is 9.10. The van der Waals surface area contributed by atoms with E-state index in [0.29, 0.717) is 22.2 Å². The van der Waals surface area contributed by atoms with Gasteiger partial charge in [-0.05, 0) is 28.1 Å². The Labute approximate surface area is 135 Å². The standard InChI is InChI=1S/C15H11BrClN3O/c16-11-6-7-13(18-8-11)20-15(17)12(9-21)14(19-20)10-4-2-1-3-5-10/h1-8,21H,9H2. The fourth-order valence-corrected chi connectivity index (χ4v) is 2.55. The zero-order valence-corrected chi connectivity index (χ0v) is 13.2. The Balaban J connectivity index is 2.16. The van der Waals surface area contributed by atoms with Crippen molar-refractivity contribution in [3.8, 4) is 17.1 Å². The van der Waals surface area contributed by atoms with Crippen molar-refractivity contribution in [2.24, 2.45) is 0 Å². The van der Waals surface area contributed by atoms with Crippen molar-refractivity contribution < 1.29 is 5.11 Å². The first kappa shape index (κ1) is 14.3. The van der Waals surface area contributed by atoms with E-state index < -0.39 is 0 Å². The summed E-state index contributed by atoms with van der Waals surface area (Å²) in [7, 11) is 0. The molecule has 0 bridgehead atoms. The number of pyridine rings is 1. The molecule has 0 aliphatic rings. The van der Waals surface area contributed by atoms with Gasteiger partial charge in [0.05, 0.1) is 12.3 Å². The summed E-state index contributed by atoms with van der Waals surface area (Å²) in [4.78, 5) is 4.28. The molecule has 3 aromatic rings. The third-order valence-electron chi connectivity index (χ3n) is 3.05. The van der Waals surface area contributed by atoms with Gasteiger partial charge in [-0.1, -0.05) is 41.9 Å². The van der Waals surface area contributed by atoms with Gasteiger partial charge < -0.3 is 5.11 Å². The fourth-order valence-electron chi connectivity index (χ4n) is 2.04. The number of aliphatic hydroxyl groups excluding tert-OH is 1. The van der Waals surface area contributed by atoms with E-state index >= 15 is 0 Å². The Morgan fingerprint density at radius 3 is 2.52 bits per heavy atom. The summed E-state index contributed by atoms with van der Waals surface area (Å²) in [6.07, 6.45) is 1.67. The topological polar surface area (TPSA) is 50.9 Å². The highest BCUT2D eigenvalue weighted by Gasteiger charge is 2.18. The molecular weight excluding hydrogens is 354 g/mol. The predicted octanol–water partition coefficient (Wildman–Crippen LogP) is 3.84. The van der Waals surface area contributed by atoms with E-state index in [4.69, 9.17) is 11.6 Å². The SMILES string of the molecule is OCc1c(-c2ccccc2)nn(-c2ccc(Br)cn2)c1Cl. The van der Waals surface area contributed by atoms with Crippen LogP contribution in [0.5, 0.6) is 0 Å². The molecule has 21 heavy (non-hydrogen) atoms. The smallest absolute Gasteiger partial charge is 0.155 e. The lowest BCUT2D eigenvalue weighted by molar-refractivity contribution is 0.282. The Morgan fingerprint density at radius 2 is 1.90 bits per heavy atom. The average molecular weight is 365 g/mol. The van der Waals surface area contributed by atoms with Crippen LogP contribution in [0.3, 0.4) is 0 Å². The molecule has 4 nitrogen and oxygen atoms in total. The van der Waals surface area contributed by atoms with Crippen LogP contribution in [0.2, 0.25) is 5.15 Å². The van der Waals surface area contributed by atoms with Gasteiger partial charge in [-0.2, -0.15) is 5.10 Å². The fraction of sp³-hybridized carbons (Fsp3) is 0.0667. The lowest BCUT2D eigenvalue weighted by Gasteiger charge is -2.01. The molecule has 2 aromatic heterocycles. The first-order valence-corrected chi connectivity index (χ1v) is 7.43. The van der Waals surface area contributed by atoms with Gasteiger partial charge in [0.2, 0.25) is 0 Å². The minimum Gasteiger partial charge on any atom is -0.391 e. The molecule has 1 N–H and O–H groups in total. The van der Waals surface area contributed by atoms with Gasteiger partial charge in [-0.25, -0.2) is 9.67 Å². The first-order valence-electron chi connectivity index (χ1n) is 6.26. The Kier molecular flexibility index (Phi) is 4.05. The lowest BCUT2D eigenvalue weighted by Crippen LogP contribution is -1.99. The number of aliphatic hydroxyl groups is 1. The van der Waals surface area contributed by atoms with Crippen LogP contribution in [-0.4, -0.2) is 19.9 Å². The van der Waals surface area contributed by atoms with E-state index in [-0.39, 0.29) is 6.61 Å². The van der Waals surface area contributed by atoms with Crippen LogP contribution in [0.1, 0.15) is 5.56 Å². The normalized spacial score (nSPS) is 10.8. The number of benzene rings is 1. The summed E-state index contributed by atoms with van der Waals surface area (Å²) >= 11 is 9.68. The highest BCUT2D eigenvalue weighted by Crippen LogP contribution is 2.30. The maximum atomic E-state index is 9.60. The molecule has 2 heterocycles. The Hall–Kier alpha value is -1.69. The van der Waals surface area contributed by atoms with E-state index in [2.05, 4.69) is 26.0 Å². The molecule has 0 amide bonds. The quantitative estimate of drug-likeness (QED) is 0.768. The first-order chi connectivity index (χ1) is 10.2. The molecule has 0 atom stereocenters. The van der Waals surface area contributed by atoms with Crippen LogP contribution in [0.4, 0.5) is 0 Å². The van der Waals surface area contributed by atoms with Crippen LogP contribution in [-0.2, 0) is 6.61 Å². The predicted molar refractivity (Wildman–Crippen MR) is 85.4 cm³/mol. The van der Waals surface area contributed by atoms with E-state index in [1.165, 1.54) is 4.68 Å². The zero-order chi connectivity index (χ0) is 14.8. The Bertz CT molecular complexity index is 757. The largest absolute Gasteiger partial charge is 0.391 e. The van der Waals surface area contributed by atoms with Gasteiger partial charge in [-0.3, -0.25) is 0 Å². The highest BCUT2D eigenvalue weighted by atomic mass is 79.9. The monoisotopic (exact) mass is 363 g/mol. The Morgan fingerprint density at radius 1 is 1.14 bits per heavy atom. The summed E-state index contributed by atoms with van der Waals surface area (Å²) in [5, 5.41) is 14.5. The van der Waals surface area contributed by atoms with Gasteiger partial charge >= 0.3 is 0 Å². The van der Waals surface area contributed by atoms with E-state index in [9.17, 15) is 5.11 Å². The molecule has 0 saturated heterocycles. The van der Waals surface area contributed by atoms with E-state index in [1.807, 2.05) is 36.4 Å². The number of hydrogen-bond donors (Lipinski definition) is 1. The molecule has 0 fully saturated rings. The van der Waals surface area contributed by atoms with Crippen molar-refractivity contribution in [1.82, 2.24) is 14.8 Å². The van der Waals surface area contributed by atoms with Gasteiger partial charge in [0, 0.05) is 21.8 Å². The van der Waals surface area contributed by atoms with Crippen molar-refractivity contribution in [3.05, 3.63) is 63.9 Å². The van der Waals surface area contributed by atoms with Crippen LogP contribution in [0.15, 0.2) is 53.1 Å². The molecular formula is C15H11BrClN3O. The third-order valence-corrected chi connectivity index (χ3v) is 3.91. The number of nitrogens with zero attached hydrogens (tertiary/aromatic N) is 3. The minimum atomic E-state index is -0.181. The molecule has 106 valence electrons. The zero-order valence-electron chi connectivity index (χ0n) is 10.9. The molecule has 0 radical (unpaired) electrons. The molecule has 0 unspecified atom stereocenters. The second kappa shape index (κ2) is 5.97. The van der Waals surface area contributed by atoms with Crippen LogP contribution in [0.25, 0.3) is 17.1 Å². The van der Waals surface area contributed by atoms with E-state index in [1.54, 1.807) is 12.3 Å². The summed E-state index contributed by atoms with van der Waals surface area (Å²) in [5.74, 6) is 0.597. The van der Waals surface area contributed by atoms with Crippen molar-refractivity contribution >= 4 is 27.5 Å². The molecule has 0 spiro atoms. The summed E-state index contributed by atoms with van der Waals surface area (Å²) in [6.45, 7) is -0.181. The summed E-state index contributed by atoms with van der Waals surface area (Å²) in [5.41, 5.74) is 2.15. The molecule has 3 rings (SSSR count). The molecule has 0 saturated carbocycles. The van der Waals surface area contributed by atoms with Crippen molar-refractivity contribution in [1.29, 1.82) is 0 Å². The number of halogens is 2. The second-order valence-corrected chi connectivity index (χ2v) is 5.66. The number of aromatic nitrogens is 3. The maximum Gasteiger partial charge on any atom is 0.155 e. The van der Waals surface area contributed by atoms with Gasteiger partial charge in [-0.15, -0.1) is 0 Å². The minimum absolute atomic E-state index is 0.181. The van der Waals surface area contributed by atoms with Crippen LogP contribution < -0.4 is 0 Å². The summed E-state index contributed by atoms with van der Waals surface area (Å²) < 4.78 is 2.40. The average Bonchev–Trinajstić information content (AvgIpc) is 2.86. The summed E-state index contributed by atoms with van der Waals surface area (Å²) in [6, 6.07) is 13.3. The molecule has 0 aliphatic heterocycles. The van der Waals surface area contributed by atoms with Crippen molar-refractivity contribution in [3.63, 3.8) is 0 Å².